The van der Waals surface area contributed by atoms with Crippen LogP contribution < -0.4 is 10.6 Å². The molecule has 0 aliphatic rings. The molecule has 0 spiro atoms. The van der Waals surface area contributed by atoms with E-state index >= 15 is 0 Å². The van der Waals surface area contributed by atoms with E-state index in [0.717, 1.165) is 0 Å². The van der Waals surface area contributed by atoms with E-state index in [9.17, 15) is 18.7 Å². The van der Waals surface area contributed by atoms with Gasteiger partial charge in [0.2, 0.25) is 0 Å². The highest BCUT2D eigenvalue weighted by molar-refractivity contribution is 5.94. The van der Waals surface area contributed by atoms with Crippen LogP contribution in [0.1, 0.15) is 0 Å². The lowest BCUT2D eigenvalue weighted by Crippen LogP contribution is -2.37. The van der Waals surface area contributed by atoms with Gasteiger partial charge in [0.25, 0.3) is 0 Å². The number of nitrogens with one attached hydrogen (secondary N) is 2. The van der Waals surface area contributed by atoms with Crippen molar-refractivity contribution in [3.63, 3.8) is 0 Å². The van der Waals surface area contributed by atoms with Crippen LogP contribution >= 0.6 is 0 Å². The summed E-state index contributed by atoms with van der Waals surface area (Å²) >= 11 is 0. The number of hydrogen-bond donors (Lipinski definition) is 3. The van der Waals surface area contributed by atoms with Gasteiger partial charge in [0.1, 0.15) is 11.6 Å². The van der Waals surface area contributed by atoms with Gasteiger partial charge in [-0.3, -0.25) is 0 Å². The summed E-state index contributed by atoms with van der Waals surface area (Å²) in [5.74, 6) is -0.884. The zero-order chi connectivity index (χ0) is 17.5. The number of carbonyl (C=O) groups is 1. The van der Waals surface area contributed by atoms with Gasteiger partial charge in [0.05, 0.1) is 18.4 Å². The molecule has 2 amide bonds. The molecule has 0 radical (unpaired) electrons. The molecule has 1 atom stereocenters. The van der Waals surface area contributed by atoms with Gasteiger partial charge in [-0.25, -0.2) is 13.6 Å². The quantitative estimate of drug-likeness (QED) is 0.760. The zero-order valence-electron chi connectivity index (χ0n) is 13.1. The number of benzene rings is 2. The minimum Gasteiger partial charge on any atom is -0.389 e. The smallest absolute Gasteiger partial charge is 0.319 e. The first-order valence-corrected chi connectivity index (χ1v) is 7.27. The number of rotatable bonds is 6. The summed E-state index contributed by atoms with van der Waals surface area (Å²) in [5.41, 5.74) is 1.34. The lowest BCUT2D eigenvalue weighted by Gasteiger charge is -2.14. The van der Waals surface area contributed by atoms with Crippen molar-refractivity contribution < 1.29 is 23.4 Å². The van der Waals surface area contributed by atoms with Gasteiger partial charge >= 0.3 is 6.03 Å². The highest BCUT2D eigenvalue weighted by Crippen LogP contribution is 2.29. The Labute approximate surface area is 138 Å². The minimum absolute atomic E-state index is 0.00670. The number of halogens is 2. The maximum atomic E-state index is 13.5. The molecule has 0 aliphatic carbocycles. The molecule has 0 heterocycles. The van der Waals surface area contributed by atoms with E-state index in [1.165, 1.54) is 49.6 Å². The van der Waals surface area contributed by atoms with E-state index < -0.39 is 23.8 Å². The van der Waals surface area contributed by atoms with Crippen LogP contribution in [0.15, 0.2) is 42.5 Å². The second kappa shape index (κ2) is 8.37. The van der Waals surface area contributed by atoms with Crippen LogP contribution in [-0.4, -0.2) is 37.5 Å². The van der Waals surface area contributed by atoms with Gasteiger partial charge in [-0.15, -0.1) is 0 Å². The van der Waals surface area contributed by atoms with Crippen LogP contribution in [0.5, 0.6) is 0 Å². The fourth-order valence-electron chi connectivity index (χ4n) is 2.12. The number of methoxy groups -OCH3 is 1. The maximum Gasteiger partial charge on any atom is 0.319 e. The standard InChI is InChI=1S/C17H18F2N2O3/c1-24-10-14(22)9-20-17(23)21-16-7-6-13(19)8-15(16)11-2-4-12(18)5-3-11/h2-8,14,22H,9-10H2,1H3,(H2,20,21,23)/t14-/m1/s1. The van der Waals surface area contributed by atoms with Crippen molar-refractivity contribution in [2.45, 2.75) is 6.10 Å². The summed E-state index contributed by atoms with van der Waals surface area (Å²) in [5, 5.41) is 14.6. The van der Waals surface area contributed by atoms with E-state index in [0.29, 0.717) is 16.8 Å². The van der Waals surface area contributed by atoms with Crippen LogP contribution in [0.4, 0.5) is 19.3 Å². The van der Waals surface area contributed by atoms with Crippen molar-refractivity contribution >= 4 is 11.7 Å². The van der Waals surface area contributed by atoms with Crippen LogP contribution in [0.25, 0.3) is 11.1 Å². The van der Waals surface area contributed by atoms with Crippen LogP contribution in [0.2, 0.25) is 0 Å². The molecule has 3 N–H and O–H groups in total. The highest BCUT2D eigenvalue weighted by atomic mass is 19.1. The second-order valence-corrected chi connectivity index (χ2v) is 5.14. The molecule has 0 saturated carbocycles. The van der Waals surface area contributed by atoms with E-state index in [2.05, 4.69) is 10.6 Å². The summed E-state index contributed by atoms with van der Waals surface area (Å²) in [6, 6.07) is 8.83. The molecular weight excluding hydrogens is 318 g/mol. The Morgan fingerprint density at radius 3 is 2.50 bits per heavy atom. The average Bonchev–Trinajstić information content (AvgIpc) is 2.56. The zero-order valence-corrected chi connectivity index (χ0v) is 13.1. The first-order chi connectivity index (χ1) is 11.5. The van der Waals surface area contributed by atoms with Crippen molar-refractivity contribution in [1.82, 2.24) is 5.32 Å². The first-order valence-electron chi connectivity index (χ1n) is 7.27. The number of aliphatic hydroxyl groups excluding tert-OH is 1. The highest BCUT2D eigenvalue weighted by Gasteiger charge is 2.11. The molecule has 5 nitrogen and oxygen atoms in total. The molecule has 0 aromatic heterocycles. The number of ether oxygens (including phenoxy) is 1. The van der Waals surface area contributed by atoms with Crippen molar-refractivity contribution in [3.05, 3.63) is 54.1 Å². The molecular formula is C17H18F2N2O3. The third kappa shape index (κ3) is 5.00. The van der Waals surface area contributed by atoms with Gasteiger partial charge < -0.3 is 20.5 Å². The van der Waals surface area contributed by atoms with E-state index in [4.69, 9.17) is 4.74 Å². The number of aliphatic hydroxyl groups is 1. The molecule has 24 heavy (non-hydrogen) atoms. The number of anilines is 1. The SMILES string of the molecule is COC[C@H](O)CNC(=O)Nc1ccc(F)cc1-c1ccc(F)cc1. The normalized spacial score (nSPS) is 11.8. The predicted molar refractivity (Wildman–Crippen MR) is 86.7 cm³/mol. The Hall–Kier alpha value is -2.51. The minimum atomic E-state index is -0.828. The second-order valence-electron chi connectivity index (χ2n) is 5.14. The third-order valence-electron chi connectivity index (χ3n) is 3.24. The summed E-state index contributed by atoms with van der Waals surface area (Å²) in [4.78, 5) is 11.9. The molecule has 2 rings (SSSR count). The number of carbonyl (C=O) groups excluding carboxylic acids is 1. The maximum absolute atomic E-state index is 13.5. The molecule has 2 aromatic rings. The monoisotopic (exact) mass is 336 g/mol. The molecule has 0 unspecified atom stereocenters. The van der Waals surface area contributed by atoms with Gasteiger partial charge in [-0.1, -0.05) is 12.1 Å². The summed E-state index contributed by atoms with van der Waals surface area (Å²) in [6.45, 7) is 0.102. The van der Waals surface area contributed by atoms with Crippen molar-refractivity contribution in [3.8, 4) is 11.1 Å². The summed E-state index contributed by atoms with van der Waals surface area (Å²) in [7, 11) is 1.44. The molecule has 0 fully saturated rings. The van der Waals surface area contributed by atoms with Gasteiger partial charge in [-0.2, -0.15) is 0 Å². The van der Waals surface area contributed by atoms with E-state index in [1.807, 2.05) is 0 Å². The Balaban J connectivity index is 2.12. The first kappa shape index (κ1) is 17.8. The fourth-order valence-corrected chi connectivity index (χ4v) is 2.12. The fraction of sp³-hybridized carbons (Fsp3) is 0.235. The molecule has 128 valence electrons. The largest absolute Gasteiger partial charge is 0.389 e. The number of hydrogen-bond acceptors (Lipinski definition) is 3. The predicted octanol–water partition coefficient (Wildman–Crippen LogP) is 2.76. The molecule has 0 aliphatic heterocycles. The Bertz CT molecular complexity index is 693. The van der Waals surface area contributed by atoms with Crippen LogP contribution in [0.3, 0.4) is 0 Å². The van der Waals surface area contributed by atoms with Crippen LogP contribution in [-0.2, 0) is 4.74 Å². The molecule has 0 saturated heterocycles. The number of urea groups is 1. The van der Waals surface area contributed by atoms with Gasteiger partial charge in [0, 0.05) is 19.2 Å². The van der Waals surface area contributed by atoms with E-state index in [1.54, 1.807) is 0 Å². The van der Waals surface area contributed by atoms with Crippen molar-refractivity contribution in [1.29, 1.82) is 0 Å². The summed E-state index contributed by atoms with van der Waals surface area (Å²) in [6.07, 6.45) is -0.828. The van der Waals surface area contributed by atoms with Gasteiger partial charge in [0.15, 0.2) is 0 Å². The van der Waals surface area contributed by atoms with E-state index in [-0.39, 0.29) is 13.2 Å². The summed E-state index contributed by atoms with van der Waals surface area (Å²) < 4.78 is 31.3. The van der Waals surface area contributed by atoms with Crippen molar-refractivity contribution in [2.24, 2.45) is 0 Å². The molecule has 2 aromatic carbocycles. The van der Waals surface area contributed by atoms with Crippen LogP contribution in [0, 0.1) is 11.6 Å². The Morgan fingerprint density at radius 1 is 1.17 bits per heavy atom. The topological polar surface area (TPSA) is 70.6 Å². The molecule has 0 bridgehead atoms. The third-order valence-corrected chi connectivity index (χ3v) is 3.24. The molecule has 7 heteroatoms. The average molecular weight is 336 g/mol. The van der Waals surface area contributed by atoms with Crippen molar-refractivity contribution in [2.75, 3.05) is 25.6 Å². The lowest BCUT2D eigenvalue weighted by molar-refractivity contribution is 0.0663. The Kier molecular flexibility index (Phi) is 6.22. The number of amides is 2. The Morgan fingerprint density at radius 2 is 1.83 bits per heavy atom. The lowest BCUT2D eigenvalue weighted by atomic mass is 10.0. The van der Waals surface area contributed by atoms with Gasteiger partial charge in [-0.05, 0) is 35.9 Å².